The number of hydrogen-bond donors (Lipinski definition) is 2. The summed E-state index contributed by atoms with van der Waals surface area (Å²) >= 11 is 3.95. The topological polar surface area (TPSA) is 29.5 Å². The van der Waals surface area contributed by atoms with Crippen LogP contribution in [0.2, 0.25) is 0 Å². The van der Waals surface area contributed by atoms with Gasteiger partial charge >= 0.3 is 0 Å². The molecule has 1 N–H and O–H groups in total. The molecule has 0 unspecified atom stereocenters. The zero-order chi connectivity index (χ0) is 9.68. The van der Waals surface area contributed by atoms with Crippen molar-refractivity contribution < 1.29 is 9.84 Å². The highest BCUT2D eigenvalue weighted by atomic mass is 32.1. The summed E-state index contributed by atoms with van der Waals surface area (Å²) in [5, 5.41) is 9.56. The fraction of sp³-hybridized carbons (Fsp3) is 0.200. The van der Waals surface area contributed by atoms with Crippen LogP contribution in [-0.4, -0.2) is 18.0 Å². The smallest absolute Gasteiger partial charge is 0.173 e. The van der Waals surface area contributed by atoms with E-state index >= 15 is 0 Å². The Morgan fingerprint density at radius 2 is 2.31 bits per heavy atom. The Morgan fingerprint density at radius 3 is 2.92 bits per heavy atom. The minimum atomic E-state index is 0.0827. The van der Waals surface area contributed by atoms with E-state index in [4.69, 9.17) is 4.74 Å². The Labute approximate surface area is 83.0 Å². The van der Waals surface area contributed by atoms with E-state index in [0.29, 0.717) is 17.1 Å². The first kappa shape index (κ1) is 9.82. The molecule has 0 spiro atoms. The monoisotopic (exact) mass is 194 g/mol. The molecular weight excluding hydrogens is 184 g/mol. The first-order valence-electron chi connectivity index (χ1n) is 3.75. The third-order valence-corrected chi connectivity index (χ3v) is 1.68. The van der Waals surface area contributed by atoms with Crippen molar-refractivity contribution in [1.29, 1.82) is 0 Å². The Kier molecular flexibility index (Phi) is 3.53. The zero-order valence-corrected chi connectivity index (χ0v) is 8.14. The lowest BCUT2D eigenvalue weighted by atomic mass is 10.2. The van der Waals surface area contributed by atoms with Crippen molar-refractivity contribution >= 4 is 12.6 Å². The number of hydrogen-bond acceptors (Lipinski definition) is 3. The Bertz CT molecular complexity index is 350. The molecule has 0 atom stereocenters. The number of aromatic hydroxyl groups is 1. The van der Waals surface area contributed by atoms with Crippen molar-refractivity contribution in [2.75, 3.05) is 12.9 Å². The third-order valence-electron chi connectivity index (χ3n) is 1.52. The molecule has 0 aliphatic carbocycles. The lowest BCUT2D eigenvalue weighted by Crippen LogP contribution is -1.85. The maximum Gasteiger partial charge on any atom is 0.173 e. The fourth-order valence-electron chi connectivity index (χ4n) is 0.923. The molecule has 2 nitrogen and oxygen atoms in total. The van der Waals surface area contributed by atoms with Gasteiger partial charge in [0.2, 0.25) is 0 Å². The van der Waals surface area contributed by atoms with Gasteiger partial charge < -0.3 is 9.84 Å². The molecule has 0 saturated carbocycles. The van der Waals surface area contributed by atoms with E-state index in [0.717, 1.165) is 0 Å². The number of phenolic OH excluding ortho intramolecular Hbond substituents is 1. The van der Waals surface area contributed by atoms with Gasteiger partial charge in [-0.05, 0) is 12.1 Å². The minimum Gasteiger partial charge on any atom is -0.503 e. The van der Waals surface area contributed by atoms with Crippen LogP contribution in [0.1, 0.15) is 5.56 Å². The van der Waals surface area contributed by atoms with Crippen molar-refractivity contribution in [3.8, 4) is 23.3 Å². The van der Waals surface area contributed by atoms with Crippen molar-refractivity contribution in [2.24, 2.45) is 0 Å². The van der Waals surface area contributed by atoms with Gasteiger partial charge in [0.15, 0.2) is 11.5 Å². The Morgan fingerprint density at radius 1 is 1.54 bits per heavy atom. The molecule has 1 aromatic carbocycles. The van der Waals surface area contributed by atoms with E-state index in [1.54, 1.807) is 18.2 Å². The average molecular weight is 194 g/mol. The van der Waals surface area contributed by atoms with Crippen LogP contribution in [0.3, 0.4) is 0 Å². The molecule has 0 aromatic heterocycles. The first-order chi connectivity index (χ1) is 6.29. The first-order valence-corrected chi connectivity index (χ1v) is 4.38. The van der Waals surface area contributed by atoms with E-state index in [1.165, 1.54) is 7.11 Å². The number of phenols is 1. The largest absolute Gasteiger partial charge is 0.503 e. The average Bonchev–Trinajstić information content (AvgIpc) is 2.16. The molecule has 1 rings (SSSR count). The van der Waals surface area contributed by atoms with E-state index in [2.05, 4.69) is 24.5 Å². The van der Waals surface area contributed by atoms with Gasteiger partial charge in [-0.15, -0.1) is 0 Å². The highest BCUT2D eigenvalue weighted by Crippen LogP contribution is 2.28. The predicted molar refractivity (Wildman–Crippen MR) is 55.4 cm³/mol. The normalized spacial score (nSPS) is 8.77. The van der Waals surface area contributed by atoms with Crippen molar-refractivity contribution in [1.82, 2.24) is 0 Å². The van der Waals surface area contributed by atoms with Crippen molar-refractivity contribution in [2.45, 2.75) is 0 Å². The van der Waals surface area contributed by atoms with E-state index < -0.39 is 0 Å². The molecule has 0 aliphatic heterocycles. The second-order valence-corrected chi connectivity index (χ2v) is 2.63. The highest BCUT2D eigenvalue weighted by Gasteiger charge is 2.03. The minimum absolute atomic E-state index is 0.0827. The molecule has 0 heterocycles. The molecule has 68 valence electrons. The Hall–Kier alpha value is -1.27. The van der Waals surface area contributed by atoms with Crippen LogP contribution in [0.5, 0.6) is 11.5 Å². The SMILES string of the molecule is COc1cccc(C#CCS)c1O. The van der Waals surface area contributed by atoms with Gasteiger partial charge in [-0.3, -0.25) is 0 Å². The van der Waals surface area contributed by atoms with Gasteiger partial charge in [-0.25, -0.2) is 0 Å². The molecule has 0 saturated heterocycles. The molecular formula is C10H10O2S. The lowest BCUT2D eigenvalue weighted by molar-refractivity contribution is 0.373. The maximum absolute atomic E-state index is 9.56. The predicted octanol–water partition coefficient (Wildman–Crippen LogP) is 1.68. The van der Waals surface area contributed by atoms with Crippen molar-refractivity contribution in [3.05, 3.63) is 23.8 Å². The summed E-state index contributed by atoms with van der Waals surface area (Å²) in [6.07, 6.45) is 0. The summed E-state index contributed by atoms with van der Waals surface area (Å²) in [5.74, 6) is 6.52. The molecule has 0 aliphatic rings. The summed E-state index contributed by atoms with van der Waals surface area (Å²) in [7, 11) is 1.50. The van der Waals surface area contributed by atoms with Gasteiger partial charge in [0.25, 0.3) is 0 Å². The molecule has 3 heteroatoms. The van der Waals surface area contributed by atoms with Gasteiger partial charge in [-0.1, -0.05) is 17.9 Å². The molecule has 0 amide bonds. The third kappa shape index (κ3) is 2.33. The molecule has 0 radical (unpaired) electrons. The van der Waals surface area contributed by atoms with Crippen LogP contribution in [0.15, 0.2) is 18.2 Å². The second-order valence-electron chi connectivity index (χ2n) is 2.32. The van der Waals surface area contributed by atoms with Gasteiger partial charge in [-0.2, -0.15) is 12.6 Å². The van der Waals surface area contributed by atoms with E-state index in [9.17, 15) is 5.11 Å². The van der Waals surface area contributed by atoms with Crippen LogP contribution in [0.4, 0.5) is 0 Å². The summed E-state index contributed by atoms with van der Waals surface area (Å²) in [6.45, 7) is 0. The number of methoxy groups -OCH3 is 1. The van der Waals surface area contributed by atoms with Crippen LogP contribution >= 0.6 is 12.6 Å². The molecule has 0 bridgehead atoms. The molecule has 0 fully saturated rings. The van der Waals surface area contributed by atoms with Gasteiger partial charge in [0.1, 0.15) is 0 Å². The number of ether oxygens (including phenoxy) is 1. The quantitative estimate of drug-likeness (QED) is 0.526. The summed E-state index contributed by atoms with van der Waals surface area (Å²) in [6, 6.07) is 5.19. The number of rotatable bonds is 1. The van der Waals surface area contributed by atoms with Gasteiger partial charge in [0, 0.05) is 0 Å². The number of thiol groups is 1. The van der Waals surface area contributed by atoms with Crippen LogP contribution in [0.25, 0.3) is 0 Å². The fourth-order valence-corrected chi connectivity index (χ4v) is 1.00. The highest BCUT2D eigenvalue weighted by molar-refractivity contribution is 7.80. The number of benzene rings is 1. The lowest BCUT2D eigenvalue weighted by Gasteiger charge is -2.03. The summed E-state index contributed by atoms with van der Waals surface area (Å²) < 4.78 is 4.93. The zero-order valence-electron chi connectivity index (χ0n) is 7.24. The number of para-hydroxylation sites is 1. The van der Waals surface area contributed by atoms with Gasteiger partial charge in [0.05, 0.1) is 18.4 Å². The van der Waals surface area contributed by atoms with Crippen LogP contribution in [-0.2, 0) is 0 Å². The summed E-state index contributed by atoms with van der Waals surface area (Å²) in [5.41, 5.74) is 0.563. The van der Waals surface area contributed by atoms with E-state index in [1.807, 2.05) is 0 Å². The van der Waals surface area contributed by atoms with Crippen LogP contribution < -0.4 is 4.74 Å². The maximum atomic E-state index is 9.56. The van der Waals surface area contributed by atoms with Crippen LogP contribution in [0, 0.1) is 11.8 Å². The van der Waals surface area contributed by atoms with E-state index in [-0.39, 0.29) is 5.75 Å². The molecule has 1 aromatic rings. The molecule has 13 heavy (non-hydrogen) atoms. The second kappa shape index (κ2) is 4.68. The summed E-state index contributed by atoms with van der Waals surface area (Å²) in [4.78, 5) is 0. The Balaban J connectivity index is 3.08. The van der Waals surface area contributed by atoms with Crippen molar-refractivity contribution in [3.63, 3.8) is 0 Å². The standard InChI is InChI=1S/C10H10O2S/c1-12-9-6-2-4-8(10(9)11)5-3-7-13/h2,4,6,11,13H,7H2,1H3.